The molecule has 0 aliphatic rings. The molecule has 1 aromatic heterocycles. The maximum Gasteiger partial charge on any atom is 0.259 e. The number of hydrogen-bond acceptors (Lipinski definition) is 3. The average Bonchev–Trinajstić information content (AvgIpc) is 2.63. The van der Waals surface area contributed by atoms with Gasteiger partial charge in [0.25, 0.3) is 5.91 Å². The molecule has 2 aromatic rings. The number of carbonyl (C=O) groups excluding carboxylic acids is 1. The van der Waals surface area contributed by atoms with Gasteiger partial charge in [-0.15, -0.1) is 0 Å². The Hall–Kier alpha value is -2.23. The number of phenols is 1. The quantitative estimate of drug-likeness (QED) is 0.854. The van der Waals surface area contributed by atoms with Crippen molar-refractivity contribution in [3.63, 3.8) is 0 Å². The minimum Gasteiger partial charge on any atom is -0.508 e. The predicted molar refractivity (Wildman–Crippen MR) is 69.0 cm³/mol. The van der Waals surface area contributed by atoms with Crippen LogP contribution in [0.1, 0.15) is 27.4 Å². The van der Waals surface area contributed by atoms with E-state index in [4.69, 9.17) is 4.42 Å². The summed E-state index contributed by atoms with van der Waals surface area (Å²) in [7, 11) is 0. The molecule has 0 aliphatic carbocycles. The maximum absolute atomic E-state index is 12.0. The first-order valence-corrected chi connectivity index (χ1v) is 5.65. The number of benzene rings is 1. The molecule has 1 amide bonds. The van der Waals surface area contributed by atoms with Gasteiger partial charge in [0.05, 0.1) is 5.56 Å². The van der Waals surface area contributed by atoms with Crippen LogP contribution in [0.3, 0.4) is 0 Å². The third-order valence-electron chi connectivity index (χ3n) is 2.75. The van der Waals surface area contributed by atoms with E-state index in [0.29, 0.717) is 22.8 Å². The predicted octanol–water partition coefficient (Wildman–Crippen LogP) is 3.16. The van der Waals surface area contributed by atoms with Gasteiger partial charge in [0, 0.05) is 11.8 Å². The van der Waals surface area contributed by atoms with Gasteiger partial charge in [-0.2, -0.15) is 0 Å². The van der Waals surface area contributed by atoms with Crippen LogP contribution in [0.2, 0.25) is 0 Å². The van der Waals surface area contributed by atoms with Crippen molar-refractivity contribution in [3.8, 4) is 5.75 Å². The van der Waals surface area contributed by atoms with Gasteiger partial charge in [0.2, 0.25) is 0 Å². The molecule has 0 bridgehead atoms. The van der Waals surface area contributed by atoms with Crippen molar-refractivity contribution >= 4 is 11.6 Å². The number of rotatable bonds is 2. The number of aryl methyl sites for hydroxylation is 3. The topological polar surface area (TPSA) is 62.5 Å². The molecule has 0 atom stereocenters. The van der Waals surface area contributed by atoms with Crippen molar-refractivity contribution in [1.29, 1.82) is 0 Å². The molecule has 4 nitrogen and oxygen atoms in total. The van der Waals surface area contributed by atoms with Crippen LogP contribution in [-0.2, 0) is 0 Å². The molecule has 1 heterocycles. The van der Waals surface area contributed by atoms with Gasteiger partial charge in [-0.1, -0.05) is 6.07 Å². The maximum atomic E-state index is 12.0. The van der Waals surface area contributed by atoms with Crippen LogP contribution in [0, 0.1) is 20.8 Å². The second kappa shape index (κ2) is 4.56. The number of furan rings is 1. The minimum absolute atomic E-state index is 0.160. The molecule has 0 radical (unpaired) electrons. The summed E-state index contributed by atoms with van der Waals surface area (Å²) in [6.07, 6.45) is 0. The van der Waals surface area contributed by atoms with Gasteiger partial charge in [-0.3, -0.25) is 4.79 Å². The fourth-order valence-corrected chi connectivity index (χ4v) is 1.74. The third-order valence-corrected chi connectivity index (χ3v) is 2.75. The lowest BCUT2D eigenvalue weighted by atomic mass is 10.2. The van der Waals surface area contributed by atoms with Crippen molar-refractivity contribution in [2.45, 2.75) is 20.8 Å². The number of nitrogens with one attached hydrogen (secondary N) is 1. The van der Waals surface area contributed by atoms with E-state index in [2.05, 4.69) is 5.32 Å². The highest BCUT2D eigenvalue weighted by Gasteiger charge is 2.13. The van der Waals surface area contributed by atoms with Crippen molar-refractivity contribution in [2.75, 3.05) is 5.32 Å². The van der Waals surface area contributed by atoms with Crippen LogP contribution in [0.15, 0.2) is 28.7 Å². The van der Waals surface area contributed by atoms with Gasteiger partial charge < -0.3 is 14.8 Å². The second-order valence-corrected chi connectivity index (χ2v) is 4.28. The van der Waals surface area contributed by atoms with Crippen LogP contribution in [0.25, 0.3) is 0 Å². The van der Waals surface area contributed by atoms with Crippen LogP contribution in [0.4, 0.5) is 5.69 Å². The Kier molecular flexibility index (Phi) is 3.10. The van der Waals surface area contributed by atoms with Crippen molar-refractivity contribution in [1.82, 2.24) is 0 Å². The third kappa shape index (κ3) is 2.37. The summed E-state index contributed by atoms with van der Waals surface area (Å²) in [6.45, 7) is 5.33. The van der Waals surface area contributed by atoms with Crippen LogP contribution < -0.4 is 5.32 Å². The molecule has 94 valence electrons. The number of aromatic hydroxyl groups is 1. The summed E-state index contributed by atoms with van der Waals surface area (Å²) in [5.74, 6) is 1.20. The van der Waals surface area contributed by atoms with E-state index in [0.717, 1.165) is 5.56 Å². The number of hydrogen-bond donors (Lipinski definition) is 2. The summed E-state index contributed by atoms with van der Waals surface area (Å²) in [5, 5.41) is 12.3. The smallest absolute Gasteiger partial charge is 0.259 e. The second-order valence-electron chi connectivity index (χ2n) is 4.28. The SMILES string of the molecule is Cc1cc(C(=O)Nc2ccc(C)c(O)c2)c(C)o1. The van der Waals surface area contributed by atoms with Crippen molar-refractivity contribution in [2.24, 2.45) is 0 Å². The Morgan fingerprint density at radius 2 is 1.94 bits per heavy atom. The van der Waals surface area contributed by atoms with E-state index in [1.54, 1.807) is 39.0 Å². The van der Waals surface area contributed by atoms with Crippen molar-refractivity contribution in [3.05, 3.63) is 46.9 Å². The fourth-order valence-electron chi connectivity index (χ4n) is 1.74. The molecule has 0 fully saturated rings. The first kappa shape index (κ1) is 12.2. The van der Waals surface area contributed by atoms with E-state index >= 15 is 0 Å². The molecule has 0 spiro atoms. The number of phenolic OH excluding ortho intramolecular Hbond substituents is 1. The standard InChI is InChI=1S/C14H15NO3/c1-8-4-5-11(7-13(8)16)15-14(17)12-6-9(2)18-10(12)3/h4-7,16H,1-3H3,(H,15,17). The van der Waals surface area contributed by atoms with E-state index in [-0.39, 0.29) is 11.7 Å². The van der Waals surface area contributed by atoms with Crippen molar-refractivity contribution < 1.29 is 14.3 Å². The monoisotopic (exact) mass is 245 g/mol. The lowest BCUT2D eigenvalue weighted by Gasteiger charge is -2.06. The molecule has 18 heavy (non-hydrogen) atoms. The number of amides is 1. The zero-order valence-electron chi connectivity index (χ0n) is 10.6. The van der Waals surface area contributed by atoms with Crippen LogP contribution in [0.5, 0.6) is 5.75 Å². The molecule has 4 heteroatoms. The molecule has 0 saturated heterocycles. The normalized spacial score (nSPS) is 10.4. The number of anilines is 1. The molecular formula is C14H15NO3. The van der Waals surface area contributed by atoms with Gasteiger partial charge in [0.1, 0.15) is 17.3 Å². The highest BCUT2D eigenvalue weighted by Crippen LogP contribution is 2.22. The lowest BCUT2D eigenvalue weighted by molar-refractivity contribution is 0.102. The average molecular weight is 245 g/mol. The van der Waals surface area contributed by atoms with Crippen LogP contribution >= 0.6 is 0 Å². The lowest BCUT2D eigenvalue weighted by Crippen LogP contribution is -2.12. The summed E-state index contributed by atoms with van der Waals surface area (Å²) in [5.41, 5.74) is 1.83. The fraction of sp³-hybridized carbons (Fsp3) is 0.214. The Bertz CT molecular complexity index is 599. The van der Waals surface area contributed by atoms with Gasteiger partial charge in [0.15, 0.2) is 0 Å². The van der Waals surface area contributed by atoms with E-state index in [1.165, 1.54) is 6.07 Å². The first-order chi connectivity index (χ1) is 8.47. The molecule has 0 aliphatic heterocycles. The van der Waals surface area contributed by atoms with Gasteiger partial charge in [-0.05, 0) is 38.5 Å². The largest absolute Gasteiger partial charge is 0.508 e. The highest BCUT2D eigenvalue weighted by atomic mass is 16.3. The van der Waals surface area contributed by atoms with E-state index < -0.39 is 0 Å². The zero-order chi connectivity index (χ0) is 13.3. The van der Waals surface area contributed by atoms with E-state index in [1.807, 2.05) is 0 Å². The van der Waals surface area contributed by atoms with Gasteiger partial charge in [-0.25, -0.2) is 0 Å². The summed E-state index contributed by atoms with van der Waals surface area (Å²) in [6, 6.07) is 6.71. The Morgan fingerprint density at radius 1 is 1.22 bits per heavy atom. The van der Waals surface area contributed by atoms with Gasteiger partial charge >= 0.3 is 0 Å². The summed E-state index contributed by atoms with van der Waals surface area (Å²) >= 11 is 0. The Labute approximate surface area is 105 Å². The first-order valence-electron chi connectivity index (χ1n) is 5.65. The van der Waals surface area contributed by atoms with E-state index in [9.17, 15) is 9.90 Å². The minimum atomic E-state index is -0.243. The van der Waals surface area contributed by atoms with Crippen LogP contribution in [-0.4, -0.2) is 11.0 Å². The number of carbonyl (C=O) groups is 1. The molecule has 2 rings (SSSR count). The zero-order valence-corrected chi connectivity index (χ0v) is 10.6. The molecule has 2 N–H and O–H groups in total. The molecular weight excluding hydrogens is 230 g/mol. The molecule has 0 saturated carbocycles. The molecule has 1 aromatic carbocycles. The molecule has 0 unspecified atom stereocenters. The highest BCUT2D eigenvalue weighted by molar-refractivity contribution is 6.05. The summed E-state index contributed by atoms with van der Waals surface area (Å²) < 4.78 is 5.31. The summed E-state index contributed by atoms with van der Waals surface area (Å²) in [4.78, 5) is 12.0. The Morgan fingerprint density at radius 3 is 2.50 bits per heavy atom. The Balaban J connectivity index is 2.21.